The van der Waals surface area contributed by atoms with Crippen LogP contribution in [-0.4, -0.2) is 6.61 Å². The van der Waals surface area contributed by atoms with Gasteiger partial charge in [-0.1, -0.05) is 66.7 Å². The van der Waals surface area contributed by atoms with E-state index in [9.17, 15) is 0 Å². The molecule has 1 heteroatoms. The highest BCUT2D eigenvalue weighted by atomic mass is 16.5. The molecule has 0 aliphatic rings. The van der Waals surface area contributed by atoms with Crippen LogP contribution in [0.1, 0.15) is 17.5 Å². The standard InChI is InChI=1S/C20H20O/c1-2-7-17(8-3-1)9-6-14-21-16-18-12-13-19-10-4-5-11-20(19)15-18/h1-5,7-8,10-13,15H,6,9,14,16H2. The fourth-order valence-corrected chi connectivity index (χ4v) is 2.54. The minimum atomic E-state index is 0.694. The third-order valence-electron chi connectivity index (χ3n) is 3.68. The van der Waals surface area contributed by atoms with Gasteiger partial charge in [-0.15, -0.1) is 0 Å². The van der Waals surface area contributed by atoms with Crippen LogP contribution in [0, 0.1) is 0 Å². The van der Waals surface area contributed by atoms with Crippen LogP contribution in [0.15, 0.2) is 72.8 Å². The van der Waals surface area contributed by atoms with Crippen molar-refractivity contribution >= 4 is 10.8 Å². The molecule has 0 heterocycles. The lowest BCUT2D eigenvalue weighted by Crippen LogP contribution is -1.97. The molecule has 1 nitrogen and oxygen atoms in total. The normalized spacial score (nSPS) is 10.9. The highest BCUT2D eigenvalue weighted by Crippen LogP contribution is 2.16. The first-order valence-electron chi connectivity index (χ1n) is 7.51. The SMILES string of the molecule is c1ccc(CCCOCc2ccc3ccccc3c2)cc1. The van der Waals surface area contributed by atoms with Crippen molar-refractivity contribution in [3.05, 3.63) is 83.9 Å². The molecular formula is C20H20O. The maximum absolute atomic E-state index is 5.79. The third-order valence-corrected chi connectivity index (χ3v) is 3.68. The Balaban J connectivity index is 1.46. The highest BCUT2D eigenvalue weighted by molar-refractivity contribution is 5.82. The number of hydrogen-bond donors (Lipinski definition) is 0. The van der Waals surface area contributed by atoms with E-state index in [0.717, 1.165) is 19.4 Å². The lowest BCUT2D eigenvalue weighted by Gasteiger charge is -2.06. The van der Waals surface area contributed by atoms with Crippen LogP contribution in [0.4, 0.5) is 0 Å². The van der Waals surface area contributed by atoms with Gasteiger partial charge in [0.15, 0.2) is 0 Å². The van der Waals surface area contributed by atoms with Crippen molar-refractivity contribution in [3.63, 3.8) is 0 Å². The summed E-state index contributed by atoms with van der Waals surface area (Å²) in [7, 11) is 0. The summed E-state index contributed by atoms with van der Waals surface area (Å²) in [5.74, 6) is 0. The molecule has 0 N–H and O–H groups in total. The smallest absolute Gasteiger partial charge is 0.0717 e. The lowest BCUT2D eigenvalue weighted by molar-refractivity contribution is 0.119. The second kappa shape index (κ2) is 7.05. The molecular weight excluding hydrogens is 256 g/mol. The summed E-state index contributed by atoms with van der Waals surface area (Å²) in [6.07, 6.45) is 2.15. The van der Waals surface area contributed by atoms with Gasteiger partial charge in [0.05, 0.1) is 6.61 Å². The van der Waals surface area contributed by atoms with Crippen molar-refractivity contribution in [2.45, 2.75) is 19.4 Å². The molecule has 0 fully saturated rings. The molecule has 3 aromatic rings. The van der Waals surface area contributed by atoms with Gasteiger partial charge in [-0.05, 0) is 40.8 Å². The Morgan fingerprint density at radius 1 is 0.667 bits per heavy atom. The van der Waals surface area contributed by atoms with E-state index in [4.69, 9.17) is 4.74 Å². The molecule has 0 amide bonds. The second-order valence-electron chi connectivity index (χ2n) is 5.32. The molecule has 0 aromatic heterocycles. The van der Waals surface area contributed by atoms with Gasteiger partial charge >= 0.3 is 0 Å². The van der Waals surface area contributed by atoms with E-state index in [1.54, 1.807) is 0 Å². The minimum Gasteiger partial charge on any atom is -0.377 e. The second-order valence-corrected chi connectivity index (χ2v) is 5.32. The largest absolute Gasteiger partial charge is 0.377 e. The van der Waals surface area contributed by atoms with Crippen LogP contribution < -0.4 is 0 Å². The number of hydrogen-bond acceptors (Lipinski definition) is 1. The van der Waals surface area contributed by atoms with E-state index in [1.807, 2.05) is 0 Å². The molecule has 3 aromatic carbocycles. The molecule has 0 saturated carbocycles. The van der Waals surface area contributed by atoms with Crippen molar-refractivity contribution in [1.82, 2.24) is 0 Å². The zero-order valence-electron chi connectivity index (χ0n) is 12.2. The van der Waals surface area contributed by atoms with Crippen LogP contribution in [0.25, 0.3) is 10.8 Å². The summed E-state index contributed by atoms with van der Waals surface area (Å²) in [6.45, 7) is 1.50. The number of fused-ring (bicyclic) bond motifs is 1. The van der Waals surface area contributed by atoms with Crippen molar-refractivity contribution < 1.29 is 4.74 Å². The molecule has 106 valence electrons. The molecule has 0 saturated heterocycles. The molecule has 0 aliphatic heterocycles. The van der Waals surface area contributed by atoms with Gasteiger partial charge in [0.1, 0.15) is 0 Å². The van der Waals surface area contributed by atoms with Gasteiger partial charge < -0.3 is 4.74 Å². The Bertz CT molecular complexity index is 688. The molecule has 0 atom stereocenters. The van der Waals surface area contributed by atoms with Crippen LogP contribution in [-0.2, 0) is 17.8 Å². The van der Waals surface area contributed by atoms with Crippen LogP contribution in [0.3, 0.4) is 0 Å². The maximum atomic E-state index is 5.79. The van der Waals surface area contributed by atoms with Crippen molar-refractivity contribution in [1.29, 1.82) is 0 Å². The Morgan fingerprint density at radius 3 is 2.29 bits per heavy atom. The van der Waals surface area contributed by atoms with Gasteiger partial charge in [-0.3, -0.25) is 0 Å². The lowest BCUT2D eigenvalue weighted by atomic mass is 10.1. The molecule has 21 heavy (non-hydrogen) atoms. The van der Waals surface area contributed by atoms with Gasteiger partial charge in [-0.2, -0.15) is 0 Å². The predicted octanol–water partition coefficient (Wildman–Crippen LogP) is 4.99. The third kappa shape index (κ3) is 3.93. The first-order valence-corrected chi connectivity index (χ1v) is 7.51. The van der Waals surface area contributed by atoms with E-state index >= 15 is 0 Å². The minimum absolute atomic E-state index is 0.694. The first-order chi connectivity index (χ1) is 10.4. The summed E-state index contributed by atoms with van der Waals surface area (Å²) < 4.78 is 5.79. The van der Waals surface area contributed by atoms with Crippen molar-refractivity contribution in [3.8, 4) is 0 Å². The van der Waals surface area contributed by atoms with E-state index in [-0.39, 0.29) is 0 Å². The number of benzene rings is 3. The molecule has 0 bridgehead atoms. The van der Waals surface area contributed by atoms with Crippen LogP contribution in [0.5, 0.6) is 0 Å². The van der Waals surface area contributed by atoms with Crippen molar-refractivity contribution in [2.75, 3.05) is 6.61 Å². The molecule has 0 aliphatic carbocycles. The first kappa shape index (κ1) is 13.8. The zero-order valence-corrected chi connectivity index (χ0v) is 12.2. The summed E-state index contributed by atoms with van der Waals surface area (Å²) in [5, 5.41) is 2.56. The molecule has 0 spiro atoms. The average Bonchev–Trinajstić information content (AvgIpc) is 2.55. The monoisotopic (exact) mass is 276 g/mol. The van der Waals surface area contributed by atoms with E-state index < -0.39 is 0 Å². The van der Waals surface area contributed by atoms with Gasteiger partial charge in [0.25, 0.3) is 0 Å². The van der Waals surface area contributed by atoms with Crippen molar-refractivity contribution in [2.24, 2.45) is 0 Å². The maximum Gasteiger partial charge on any atom is 0.0717 e. The Morgan fingerprint density at radius 2 is 1.43 bits per heavy atom. The Hall–Kier alpha value is -2.12. The van der Waals surface area contributed by atoms with E-state index in [0.29, 0.717) is 6.61 Å². The predicted molar refractivity (Wildman–Crippen MR) is 88.4 cm³/mol. The fraction of sp³-hybridized carbons (Fsp3) is 0.200. The summed E-state index contributed by atoms with van der Waals surface area (Å²) >= 11 is 0. The Labute approximate surface area is 126 Å². The molecule has 0 radical (unpaired) electrons. The zero-order chi connectivity index (χ0) is 14.3. The van der Waals surface area contributed by atoms with Gasteiger partial charge in [0, 0.05) is 6.61 Å². The summed E-state index contributed by atoms with van der Waals surface area (Å²) in [5.41, 5.74) is 2.63. The number of rotatable bonds is 6. The number of aryl methyl sites for hydroxylation is 1. The summed E-state index contributed by atoms with van der Waals surface area (Å²) in [4.78, 5) is 0. The highest BCUT2D eigenvalue weighted by Gasteiger charge is 1.97. The van der Waals surface area contributed by atoms with Gasteiger partial charge in [-0.25, -0.2) is 0 Å². The van der Waals surface area contributed by atoms with E-state index in [1.165, 1.54) is 21.9 Å². The fourth-order valence-electron chi connectivity index (χ4n) is 2.54. The van der Waals surface area contributed by atoms with Gasteiger partial charge in [0.2, 0.25) is 0 Å². The van der Waals surface area contributed by atoms with E-state index in [2.05, 4.69) is 72.8 Å². The summed E-state index contributed by atoms with van der Waals surface area (Å²) in [6, 6.07) is 25.5. The van der Waals surface area contributed by atoms with Crippen LogP contribution in [0.2, 0.25) is 0 Å². The molecule has 3 rings (SSSR count). The number of ether oxygens (including phenoxy) is 1. The topological polar surface area (TPSA) is 9.23 Å². The quantitative estimate of drug-likeness (QED) is 0.576. The molecule has 0 unspecified atom stereocenters. The Kier molecular flexibility index (Phi) is 4.65. The van der Waals surface area contributed by atoms with Crippen LogP contribution >= 0.6 is 0 Å². The average molecular weight is 276 g/mol.